The van der Waals surface area contributed by atoms with Gasteiger partial charge in [0.2, 0.25) is 0 Å². The Hall–Kier alpha value is -2.94. The Kier molecular flexibility index (Phi) is 10.9. The third kappa shape index (κ3) is 6.89. The summed E-state index contributed by atoms with van der Waals surface area (Å²) in [4.78, 5) is 26.2. The maximum absolute atomic E-state index is 13.5. The van der Waals surface area contributed by atoms with Crippen LogP contribution in [0.5, 0.6) is 0 Å². The van der Waals surface area contributed by atoms with Gasteiger partial charge in [0.15, 0.2) is 22.8 Å². The molecule has 0 radical (unpaired) electrons. The summed E-state index contributed by atoms with van der Waals surface area (Å²) in [5, 5.41) is 48.9. The third-order valence-corrected chi connectivity index (χ3v) is 20.5. The normalized spacial score (nSPS) is 49.0. The largest absolute Gasteiger partial charge is 0.390 e. The van der Waals surface area contributed by atoms with Crippen LogP contribution in [0.1, 0.15) is 142 Å². The Morgan fingerprint density at radius 2 is 1.24 bits per heavy atom. The quantitative estimate of drug-likeness (QED) is 0.196. The van der Waals surface area contributed by atoms with Crippen molar-refractivity contribution in [2.75, 3.05) is 5.33 Å². The lowest BCUT2D eigenvalue weighted by atomic mass is 9.48. The van der Waals surface area contributed by atoms with Crippen LogP contribution >= 0.6 is 15.9 Å². The minimum Gasteiger partial charge on any atom is -0.390 e. The van der Waals surface area contributed by atoms with Gasteiger partial charge < -0.3 is 19.7 Å². The molecule has 0 aromatic carbocycles. The van der Waals surface area contributed by atoms with Gasteiger partial charge in [0.05, 0.1) is 52.3 Å². The number of aromatic nitrogens is 4. The summed E-state index contributed by atoms with van der Waals surface area (Å²) >= 11 is 3.40. The van der Waals surface area contributed by atoms with Gasteiger partial charge in [-0.05, 0) is 176 Å². The maximum Gasteiger partial charge on any atom is 0.189 e. The van der Waals surface area contributed by atoms with Crippen molar-refractivity contribution < 1.29 is 29.3 Å². The molecule has 18 atom stereocenters. The second-order valence-electron chi connectivity index (χ2n) is 23.0. The molecule has 12 nitrogen and oxygen atoms in total. The molecule has 10 aliphatic rings. The second kappa shape index (κ2) is 15.6. The molecule has 0 unspecified atom stereocenters. The van der Waals surface area contributed by atoms with E-state index >= 15 is 0 Å². The highest BCUT2D eigenvalue weighted by Gasteiger charge is 2.81. The molecule has 0 bridgehead atoms. The number of nitrogens with one attached hydrogen (secondary N) is 1. The highest BCUT2D eigenvalue weighted by molar-refractivity contribution is 9.09. The molecule has 63 heavy (non-hydrogen) atoms. The lowest BCUT2D eigenvalue weighted by molar-refractivity contribution is -0.143. The Labute approximate surface area is 380 Å². The van der Waals surface area contributed by atoms with Crippen molar-refractivity contribution in [1.82, 2.24) is 20.0 Å². The van der Waals surface area contributed by atoms with Gasteiger partial charge >= 0.3 is 0 Å². The number of nitrogens with zero attached hydrogens (tertiary/aromatic N) is 5. The number of rotatable bonds is 5. The Bertz CT molecular complexity index is 2180. The number of aromatic amines is 1. The minimum atomic E-state index is -0.644. The van der Waals surface area contributed by atoms with Crippen molar-refractivity contribution in [2.45, 2.75) is 172 Å². The molecule has 0 amide bonds. The third-order valence-electron chi connectivity index (χ3n) is 20.0. The topological polar surface area (TPSA) is 194 Å². The van der Waals surface area contributed by atoms with E-state index in [0.29, 0.717) is 40.1 Å². The molecule has 340 valence electrons. The molecule has 2 aromatic rings. The van der Waals surface area contributed by atoms with Crippen molar-refractivity contribution in [3.05, 3.63) is 35.9 Å². The predicted octanol–water partition coefficient (Wildman–Crippen LogP) is 7.86. The van der Waals surface area contributed by atoms with E-state index in [2.05, 4.69) is 51.1 Å². The number of alkyl halides is 1. The van der Waals surface area contributed by atoms with Gasteiger partial charge in [-0.15, -0.1) is 0 Å². The van der Waals surface area contributed by atoms with Gasteiger partial charge in [-0.3, -0.25) is 19.4 Å². The van der Waals surface area contributed by atoms with Gasteiger partial charge in [0.25, 0.3) is 0 Å². The van der Waals surface area contributed by atoms with E-state index in [9.17, 15) is 19.8 Å². The molecule has 2 saturated heterocycles. The molecule has 4 heterocycles. The van der Waals surface area contributed by atoms with Crippen LogP contribution < -0.4 is 0 Å². The summed E-state index contributed by atoms with van der Waals surface area (Å²) in [5.41, 5.74) is -1.00. The van der Waals surface area contributed by atoms with Gasteiger partial charge in [-0.25, -0.2) is 0 Å². The van der Waals surface area contributed by atoms with Crippen LogP contribution in [0.2, 0.25) is 0 Å². The zero-order valence-corrected chi connectivity index (χ0v) is 39.2. The van der Waals surface area contributed by atoms with E-state index in [1.54, 1.807) is 17.1 Å². The highest BCUT2D eigenvalue weighted by Crippen LogP contribution is 2.74. The van der Waals surface area contributed by atoms with Crippen LogP contribution in [0.25, 0.3) is 0 Å². The first-order valence-electron chi connectivity index (χ1n) is 24.3. The monoisotopic (exact) mass is 926 g/mol. The Balaban J connectivity index is 0.000000132. The number of Topliss-reactive ketones (excluding diaryl/α,β-unsaturated/α-hetero) is 2. The lowest BCUT2D eigenvalue weighted by Crippen LogP contribution is -2.54. The number of hydrogen-bond donors (Lipinski definition) is 3. The first-order chi connectivity index (χ1) is 30.0. The fourth-order valence-corrected chi connectivity index (χ4v) is 17.6. The SMILES string of the molecule is C[C@@]1(O)CC[C@H]2[C@H](CC[C@@H]3[C@@H]2CC[C@@]2(C)[C@H]3C[C@H]3O[C@]32C(=O)CBr)C1.C[C@@]1(O)CC[C@H]2[C@H](CC[C@@H]3[C@@H]2CC[C@@]2(C)[C@H]3C[C@H]3O[C@]32C(=O)Cn2cc(C#N)cn2)C1.N#Cc1cn[nH]c1. The molecule has 10 fully saturated rings. The fraction of sp³-hybridized carbons (Fsp3) is 0.800. The van der Waals surface area contributed by atoms with Gasteiger partial charge in [0, 0.05) is 23.2 Å². The zero-order valence-electron chi connectivity index (χ0n) is 37.6. The summed E-state index contributed by atoms with van der Waals surface area (Å²) < 4.78 is 13.9. The number of fused-ring (bicyclic) bond motifs is 14. The van der Waals surface area contributed by atoms with Crippen molar-refractivity contribution in [2.24, 2.45) is 70.0 Å². The number of hydrogen-bond acceptors (Lipinski definition) is 10. The van der Waals surface area contributed by atoms with Crippen LogP contribution in [0, 0.1) is 92.7 Å². The Morgan fingerprint density at radius 3 is 1.68 bits per heavy atom. The van der Waals surface area contributed by atoms with Crippen molar-refractivity contribution in [3.8, 4) is 12.1 Å². The summed E-state index contributed by atoms with van der Waals surface area (Å²) in [6.07, 6.45) is 24.5. The molecular weight excluding hydrogens is 860 g/mol. The van der Waals surface area contributed by atoms with Crippen LogP contribution in [0.15, 0.2) is 24.8 Å². The molecule has 2 aromatic heterocycles. The zero-order chi connectivity index (χ0) is 44.3. The summed E-state index contributed by atoms with van der Waals surface area (Å²) in [6, 6.07) is 3.99. The number of H-pyrrole nitrogens is 1. The van der Waals surface area contributed by atoms with E-state index in [0.717, 1.165) is 93.3 Å². The summed E-state index contributed by atoms with van der Waals surface area (Å²) in [7, 11) is 0. The van der Waals surface area contributed by atoms with Gasteiger partial charge in [-0.2, -0.15) is 20.7 Å². The number of ether oxygens (including phenoxy) is 2. The van der Waals surface area contributed by atoms with Crippen molar-refractivity contribution >= 4 is 27.5 Å². The van der Waals surface area contributed by atoms with E-state index in [-0.39, 0.29) is 41.1 Å². The number of ketones is 2. The maximum atomic E-state index is 13.5. The molecule has 13 heteroatoms. The van der Waals surface area contributed by atoms with E-state index in [1.165, 1.54) is 57.3 Å². The molecule has 8 saturated carbocycles. The van der Waals surface area contributed by atoms with E-state index < -0.39 is 22.4 Å². The molecule has 12 rings (SSSR count). The first-order valence-corrected chi connectivity index (χ1v) is 25.4. The van der Waals surface area contributed by atoms with E-state index in [1.807, 2.05) is 19.9 Å². The standard InChI is InChI=1S/C25H33N3O3.C21H31BrO3.C4H3N3/c1-23(30)7-5-17-16(10-23)3-4-19-18(17)6-8-24(2)20(19)9-22-25(24,31-22)21(29)14-28-13-15(11-26)12-27-28;1-19(24)7-5-13-12(10-19)3-4-15-14(13)6-8-20(2)16(15)9-18-21(20,25-18)17(23)11-22;5-1-4-2-6-7-3-4/h12-13,16-20,22,30H,3-10,14H2,1-2H3;12-16,18,24H,3-11H2,1-2H3;2-3H,(H,6,7)/t16-,17+,18-,19-,20+,22-,23-,24+,25-;12-,13+,14-,15-,16+,18-,19-,20+,21-;/m11./s1. The minimum absolute atomic E-state index is 0.0523. The first kappa shape index (κ1) is 43.9. The summed E-state index contributed by atoms with van der Waals surface area (Å²) in [5.74, 6) is 7.64. The lowest BCUT2D eigenvalue weighted by Gasteiger charge is -2.57. The fourth-order valence-electron chi connectivity index (χ4n) is 17.2. The van der Waals surface area contributed by atoms with Gasteiger partial charge in [0.1, 0.15) is 18.7 Å². The number of nitriles is 2. The average molecular weight is 928 g/mol. The molecular formula is C50H67BrN6O6. The average Bonchev–Trinajstić information content (AvgIpc) is 3.88. The van der Waals surface area contributed by atoms with Crippen LogP contribution in [0.4, 0.5) is 0 Å². The molecule has 3 N–H and O–H groups in total. The number of halogens is 1. The number of carbonyl (C=O) groups excluding carboxylic acids is 2. The van der Waals surface area contributed by atoms with Crippen LogP contribution in [-0.4, -0.2) is 81.7 Å². The van der Waals surface area contributed by atoms with Gasteiger partial charge in [-0.1, -0.05) is 29.8 Å². The van der Waals surface area contributed by atoms with Crippen molar-refractivity contribution in [3.63, 3.8) is 0 Å². The molecule has 8 aliphatic carbocycles. The predicted molar refractivity (Wildman–Crippen MR) is 235 cm³/mol. The number of aliphatic hydroxyl groups is 2. The van der Waals surface area contributed by atoms with Crippen LogP contribution in [-0.2, 0) is 25.6 Å². The summed E-state index contributed by atoms with van der Waals surface area (Å²) in [6.45, 7) is 8.92. The molecule has 2 aliphatic heterocycles. The molecule has 0 spiro atoms. The highest BCUT2D eigenvalue weighted by atomic mass is 79.9. The van der Waals surface area contributed by atoms with Crippen LogP contribution in [0.3, 0.4) is 0 Å². The smallest absolute Gasteiger partial charge is 0.189 e. The number of carbonyl (C=O) groups is 2. The number of epoxide rings is 2. The second-order valence-corrected chi connectivity index (χ2v) is 23.6. The Morgan fingerprint density at radius 1 is 0.730 bits per heavy atom. The van der Waals surface area contributed by atoms with Crippen molar-refractivity contribution in [1.29, 1.82) is 10.5 Å². The van der Waals surface area contributed by atoms with E-state index in [4.69, 9.17) is 20.0 Å².